The van der Waals surface area contributed by atoms with Crippen molar-refractivity contribution in [2.24, 2.45) is 0 Å². The minimum absolute atomic E-state index is 0.0908. The van der Waals surface area contributed by atoms with Gasteiger partial charge in [-0.3, -0.25) is 14.8 Å². The molecule has 0 spiro atoms. The molecule has 2 aromatic rings. The lowest BCUT2D eigenvalue weighted by Gasteiger charge is -2.17. The van der Waals surface area contributed by atoms with Crippen LogP contribution in [0.3, 0.4) is 0 Å². The lowest BCUT2D eigenvalue weighted by atomic mass is 10.2. The number of carbonyl (C=O) groups excluding carboxylic acids is 1. The van der Waals surface area contributed by atoms with Crippen LogP contribution in [0.5, 0.6) is 0 Å². The highest BCUT2D eigenvalue weighted by atomic mass is 16.2. The molecule has 5 nitrogen and oxygen atoms in total. The fraction of sp³-hybridized carbons (Fsp3) is 0.312. The van der Waals surface area contributed by atoms with Gasteiger partial charge in [0.1, 0.15) is 5.69 Å². The average molecular weight is 284 g/mol. The first-order valence-electron chi connectivity index (χ1n) is 7.05. The number of amides is 1. The lowest BCUT2D eigenvalue weighted by Crippen LogP contribution is -2.27. The van der Waals surface area contributed by atoms with Gasteiger partial charge in [-0.15, -0.1) is 0 Å². The molecule has 2 aromatic heterocycles. The van der Waals surface area contributed by atoms with E-state index in [0.717, 1.165) is 24.2 Å². The van der Waals surface area contributed by atoms with Gasteiger partial charge in [0.2, 0.25) is 0 Å². The van der Waals surface area contributed by atoms with Gasteiger partial charge in [0.05, 0.1) is 0 Å². The molecule has 1 N–H and O–H groups in total. The first kappa shape index (κ1) is 15.0. The minimum atomic E-state index is -0.0908. The number of aromatic nitrogens is 2. The summed E-state index contributed by atoms with van der Waals surface area (Å²) in [5.74, 6) is -0.0908. The molecular weight excluding hydrogens is 264 g/mol. The second-order valence-electron chi connectivity index (χ2n) is 4.87. The van der Waals surface area contributed by atoms with Crippen molar-refractivity contribution in [2.45, 2.75) is 19.9 Å². The smallest absolute Gasteiger partial charge is 0.272 e. The van der Waals surface area contributed by atoms with Gasteiger partial charge in [-0.25, -0.2) is 0 Å². The van der Waals surface area contributed by atoms with E-state index in [1.54, 1.807) is 36.6 Å². The number of carbonyl (C=O) groups is 1. The van der Waals surface area contributed by atoms with Crippen LogP contribution in [0.25, 0.3) is 0 Å². The van der Waals surface area contributed by atoms with Gasteiger partial charge in [0.15, 0.2) is 0 Å². The van der Waals surface area contributed by atoms with Crippen molar-refractivity contribution in [2.75, 3.05) is 18.9 Å². The summed E-state index contributed by atoms with van der Waals surface area (Å²) in [4.78, 5) is 22.2. The lowest BCUT2D eigenvalue weighted by molar-refractivity contribution is 0.0779. The van der Waals surface area contributed by atoms with Crippen LogP contribution in [0.15, 0.2) is 42.9 Å². The SMILES string of the molecule is CCCNc1ccnc(C(=O)N(C)Cc2ccncc2)c1. The quantitative estimate of drug-likeness (QED) is 0.885. The van der Waals surface area contributed by atoms with Gasteiger partial charge in [0.25, 0.3) is 5.91 Å². The number of rotatable bonds is 6. The Kier molecular flexibility index (Phi) is 5.26. The Balaban J connectivity index is 2.05. The molecule has 2 heterocycles. The van der Waals surface area contributed by atoms with Crippen molar-refractivity contribution < 1.29 is 4.79 Å². The Morgan fingerprint density at radius 3 is 2.71 bits per heavy atom. The third-order valence-corrected chi connectivity index (χ3v) is 3.07. The first-order valence-corrected chi connectivity index (χ1v) is 7.05. The van der Waals surface area contributed by atoms with E-state index in [1.165, 1.54) is 0 Å². The monoisotopic (exact) mass is 284 g/mol. The zero-order valence-electron chi connectivity index (χ0n) is 12.4. The molecule has 0 saturated heterocycles. The fourth-order valence-corrected chi connectivity index (χ4v) is 1.96. The molecule has 0 bridgehead atoms. The largest absolute Gasteiger partial charge is 0.385 e. The number of nitrogens with one attached hydrogen (secondary N) is 1. The maximum atomic E-state index is 12.4. The topological polar surface area (TPSA) is 58.1 Å². The summed E-state index contributed by atoms with van der Waals surface area (Å²) in [5, 5.41) is 3.26. The average Bonchev–Trinajstić information content (AvgIpc) is 2.53. The van der Waals surface area contributed by atoms with Gasteiger partial charge in [0, 0.05) is 44.4 Å². The van der Waals surface area contributed by atoms with E-state index in [2.05, 4.69) is 22.2 Å². The van der Waals surface area contributed by atoms with Gasteiger partial charge in [-0.2, -0.15) is 0 Å². The van der Waals surface area contributed by atoms with Gasteiger partial charge in [-0.1, -0.05) is 6.92 Å². The zero-order valence-corrected chi connectivity index (χ0v) is 12.4. The molecule has 0 aliphatic rings. The van der Waals surface area contributed by atoms with Gasteiger partial charge >= 0.3 is 0 Å². The summed E-state index contributed by atoms with van der Waals surface area (Å²) >= 11 is 0. The Labute approximate surface area is 125 Å². The highest BCUT2D eigenvalue weighted by molar-refractivity contribution is 5.92. The molecule has 0 radical (unpaired) electrons. The maximum Gasteiger partial charge on any atom is 0.272 e. The van der Waals surface area contributed by atoms with E-state index in [4.69, 9.17) is 0 Å². The number of nitrogens with zero attached hydrogens (tertiary/aromatic N) is 3. The van der Waals surface area contributed by atoms with Crippen LogP contribution in [-0.2, 0) is 6.54 Å². The van der Waals surface area contributed by atoms with Crippen LogP contribution >= 0.6 is 0 Å². The van der Waals surface area contributed by atoms with E-state index < -0.39 is 0 Å². The molecule has 21 heavy (non-hydrogen) atoms. The minimum Gasteiger partial charge on any atom is -0.385 e. The molecular formula is C16H20N4O. The Bertz CT molecular complexity index is 586. The number of anilines is 1. The normalized spacial score (nSPS) is 10.2. The number of hydrogen-bond donors (Lipinski definition) is 1. The van der Waals surface area contributed by atoms with Crippen LogP contribution in [0.2, 0.25) is 0 Å². The summed E-state index contributed by atoms with van der Waals surface area (Å²) in [6.45, 7) is 3.52. The summed E-state index contributed by atoms with van der Waals surface area (Å²) < 4.78 is 0. The Hall–Kier alpha value is -2.43. The van der Waals surface area contributed by atoms with E-state index in [0.29, 0.717) is 12.2 Å². The molecule has 1 amide bonds. The summed E-state index contributed by atoms with van der Waals surface area (Å²) in [6.07, 6.45) is 6.14. The molecule has 0 fully saturated rings. The molecule has 110 valence electrons. The van der Waals surface area contributed by atoms with Crippen molar-refractivity contribution in [3.8, 4) is 0 Å². The summed E-state index contributed by atoms with van der Waals surface area (Å²) in [6, 6.07) is 7.46. The third kappa shape index (κ3) is 4.27. The van der Waals surface area contributed by atoms with Crippen LogP contribution in [-0.4, -0.2) is 34.4 Å². The molecule has 0 unspecified atom stereocenters. The van der Waals surface area contributed by atoms with Crippen LogP contribution < -0.4 is 5.32 Å². The van der Waals surface area contributed by atoms with Crippen LogP contribution in [0, 0.1) is 0 Å². The van der Waals surface area contributed by atoms with Crippen LogP contribution in [0.4, 0.5) is 5.69 Å². The molecule has 0 aromatic carbocycles. The van der Waals surface area contributed by atoms with Crippen molar-refractivity contribution in [3.63, 3.8) is 0 Å². The van der Waals surface area contributed by atoms with Crippen LogP contribution in [0.1, 0.15) is 29.4 Å². The second-order valence-corrected chi connectivity index (χ2v) is 4.87. The summed E-state index contributed by atoms with van der Waals surface area (Å²) in [5.41, 5.74) is 2.42. The molecule has 2 rings (SSSR count). The zero-order chi connectivity index (χ0) is 15.1. The first-order chi connectivity index (χ1) is 10.2. The van der Waals surface area contributed by atoms with Crippen molar-refractivity contribution >= 4 is 11.6 Å². The molecule has 0 saturated carbocycles. The Morgan fingerprint density at radius 1 is 1.24 bits per heavy atom. The maximum absolute atomic E-state index is 12.4. The number of hydrogen-bond acceptors (Lipinski definition) is 4. The van der Waals surface area contributed by atoms with Gasteiger partial charge in [-0.05, 0) is 36.2 Å². The molecule has 0 aliphatic heterocycles. The highest BCUT2D eigenvalue weighted by Gasteiger charge is 2.13. The van der Waals surface area contributed by atoms with E-state index in [9.17, 15) is 4.79 Å². The second kappa shape index (κ2) is 7.38. The highest BCUT2D eigenvalue weighted by Crippen LogP contribution is 2.11. The number of pyridine rings is 2. The molecule has 0 aliphatic carbocycles. The van der Waals surface area contributed by atoms with E-state index >= 15 is 0 Å². The summed E-state index contributed by atoms with van der Waals surface area (Å²) in [7, 11) is 1.77. The third-order valence-electron chi connectivity index (χ3n) is 3.07. The van der Waals surface area contributed by atoms with Crippen molar-refractivity contribution in [1.82, 2.24) is 14.9 Å². The van der Waals surface area contributed by atoms with Gasteiger partial charge < -0.3 is 10.2 Å². The molecule has 0 atom stereocenters. The standard InChI is InChI=1S/C16H20N4O/c1-3-7-18-14-6-10-19-15(11-14)16(21)20(2)12-13-4-8-17-9-5-13/h4-6,8-11H,3,7,12H2,1-2H3,(H,18,19). The predicted octanol–water partition coefficient (Wildman–Crippen LogP) is 2.57. The van der Waals surface area contributed by atoms with E-state index in [-0.39, 0.29) is 5.91 Å². The van der Waals surface area contributed by atoms with E-state index in [1.807, 2.05) is 18.2 Å². The van der Waals surface area contributed by atoms with Crippen molar-refractivity contribution in [3.05, 3.63) is 54.1 Å². The fourth-order valence-electron chi connectivity index (χ4n) is 1.96. The Morgan fingerprint density at radius 2 is 2.00 bits per heavy atom. The predicted molar refractivity (Wildman–Crippen MR) is 83.1 cm³/mol. The van der Waals surface area contributed by atoms with Crippen molar-refractivity contribution in [1.29, 1.82) is 0 Å². The molecule has 5 heteroatoms.